The zero-order valence-electron chi connectivity index (χ0n) is 19.6. The van der Waals surface area contributed by atoms with Crippen LogP contribution < -0.4 is 0 Å². The minimum Gasteiger partial charge on any atom is -0.291 e. The lowest BCUT2D eigenvalue weighted by Crippen LogP contribution is -2.53. The minimum absolute atomic E-state index is 0.0409. The van der Waals surface area contributed by atoms with Gasteiger partial charge in [-0.05, 0) is 66.9 Å². The monoisotopic (exact) mass is 556 g/mol. The summed E-state index contributed by atoms with van der Waals surface area (Å²) in [5.41, 5.74) is 3.31. The van der Waals surface area contributed by atoms with Gasteiger partial charge in [-0.25, -0.2) is 31.3 Å². The summed E-state index contributed by atoms with van der Waals surface area (Å²) in [5.74, 6) is -3.13. The van der Waals surface area contributed by atoms with Crippen LogP contribution in [0.3, 0.4) is 0 Å². The maximum Gasteiger partial charge on any atom is 0.243 e. The Morgan fingerprint density at radius 3 is 2.55 bits per heavy atom. The largest absolute Gasteiger partial charge is 0.291 e. The molecule has 194 valence electrons. The van der Waals surface area contributed by atoms with Crippen LogP contribution in [0.5, 0.6) is 0 Å². The van der Waals surface area contributed by atoms with Crippen molar-refractivity contribution in [3.05, 3.63) is 99.5 Å². The molecule has 7 nitrogen and oxygen atoms in total. The van der Waals surface area contributed by atoms with Crippen LogP contribution in [0, 0.1) is 22.9 Å². The summed E-state index contributed by atoms with van der Waals surface area (Å²) in [6.07, 6.45) is 3.86. The van der Waals surface area contributed by atoms with E-state index in [2.05, 4.69) is 10.1 Å². The summed E-state index contributed by atoms with van der Waals surface area (Å²) in [4.78, 5) is 17.8. The van der Waals surface area contributed by atoms with Crippen molar-refractivity contribution in [1.82, 2.24) is 19.1 Å². The summed E-state index contributed by atoms with van der Waals surface area (Å²) in [6.45, 7) is -0.156. The van der Waals surface area contributed by atoms with Gasteiger partial charge in [0.05, 0.1) is 33.4 Å². The Balaban J connectivity index is 1.44. The second-order valence-corrected chi connectivity index (χ2v) is 11.9. The van der Waals surface area contributed by atoms with Crippen LogP contribution in [0.25, 0.3) is 11.8 Å². The van der Waals surface area contributed by atoms with Crippen LogP contribution in [0.1, 0.15) is 28.2 Å². The molecular formula is C26H19F3N4O3S2. The predicted octanol–water partition coefficient (Wildman–Crippen LogP) is 4.65. The number of sulfonamides is 1. The maximum atomic E-state index is 14.0. The van der Waals surface area contributed by atoms with Gasteiger partial charge < -0.3 is 0 Å². The van der Waals surface area contributed by atoms with Crippen molar-refractivity contribution in [3.63, 3.8) is 0 Å². The summed E-state index contributed by atoms with van der Waals surface area (Å²) in [7, 11) is -4.24. The van der Waals surface area contributed by atoms with Crippen LogP contribution in [0.2, 0.25) is 0 Å². The fourth-order valence-electron chi connectivity index (χ4n) is 5.17. The molecule has 1 atom stereocenters. The van der Waals surface area contributed by atoms with Crippen molar-refractivity contribution in [3.8, 4) is 5.69 Å². The number of thiazole rings is 1. The third-order valence-corrected chi connectivity index (χ3v) is 9.51. The number of hydrogen-bond donors (Lipinski definition) is 0. The second kappa shape index (κ2) is 9.00. The highest BCUT2D eigenvalue weighted by atomic mass is 32.2. The van der Waals surface area contributed by atoms with Crippen molar-refractivity contribution in [1.29, 1.82) is 0 Å². The molecule has 2 aliphatic rings. The zero-order chi connectivity index (χ0) is 26.7. The molecule has 0 radical (unpaired) electrons. The standard InChI is InChI=1S/C26H19F3N4O3S2/c27-18-1-3-19(4-2-18)33-24-9-17-7-8-32(38(35,36)20-5-6-21(28)22(29)10-20)14-26(17,11-16(24)12-31-33)25(34)23-13-37-15-30-23/h1-6,9-10,12-13,15H,7-8,11,14H2/t26-/m0/s1. The normalized spacial score (nSPS) is 19.5. The molecule has 0 saturated carbocycles. The first-order chi connectivity index (χ1) is 18.2. The lowest BCUT2D eigenvalue weighted by atomic mass is 9.65. The fourth-order valence-corrected chi connectivity index (χ4v) is 7.21. The van der Waals surface area contributed by atoms with Crippen molar-refractivity contribution in [2.45, 2.75) is 17.7 Å². The average molecular weight is 557 g/mol. The molecule has 1 aliphatic carbocycles. The zero-order valence-corrected chi connectivity index (χ0v) is 21.3. The summed E-state index contributed by atoms with van der Waals surface area (Å²) < 4.78 is 70.7. The molecule has 4 aromatic rings. The summed E-state index contributed by atoms with van der Waals surface area (Å²) in [5, 5.41) is 6.08. The lowest BCUT2D eigenvalue weighted by Gasteiger charge is -2.44. The van der Waals surface area contributed by atoms with Gasteiger partial charge in [0.15, 0.2) is 17.4 Å². The molecule has 3 heterocycles. The highest BCUT2D eigenvalue weighted by Gasteiger charge is 2.51. The van der Waals surface area contributed by atoms with Crippen molar-refractivity contribution in [2.75, 3.05) is 13.1 Å². The topological polar surface area (TPSA) is 85.2 Å². The van der Waals surface area contributed by atoms with Crippen LogP contribution in [-0.2, 0) is 16.4 Å². The van der Waals surface area contributed by atoms with E-state index in [-0.39, 0.29) is 48.1 Å². The van der Waals surface area contributed by atoms with Crippen molar-refractivity contribution < 1.29 is 26.4 Å². The van der Waals surface area contributed by atoms with Gasteiger partial charge in [-0.2, -0.15) is 9.40 Å². The van der Waals surface area contributed by atoms with E-state index in [0.717, 1.165) is 27.7 Å². The first-order valence-electron chi connectivity index (χ1n) is 11.6. The molecule has 0 amide bonds. The van der Waals surface area contributed by atoms with Gasteiger partial charge in [0.1, 0.15) is 11.5 Å². The number of Topliss-reactive ketones (excluding diaryl/α,β-unsaturated/α-hetero) is 1. The number of aromatic nitrogens is 3. The number of piperidine rings is 1. The third kappa shape index (κ3) is 3.91. The van der Waals surface area contributed by atoms with E-state index in [4.69, 9.17) is 0 Å². The number of carbonyl (C=O) groups is 1. The molecule has 1 saturated heterocycles. The SMILES string of the molecule is O=C(c1cscn1)[C@]12Cc3cnn(-c4ccc(F)cc4)c3C=C1CCN(S(=O)(=O)c1ccc(F)c(F)c1)C2. The van der Waals surface area contributed by atoms with E-state index < -0.39 is 27.1 Å². The second-order valence-electron chi connectivity index (χ2n) is 9.24. The molecule has 2 aromatic carbocycles. The van der Waals surface area contributed by atoms with Crippen LogP contribution in [-0.4, -0.2) is 46.4 Å². The van der Waals surface area contributed by atoms with Gasteiger partial charge in [0.25, 0.3) is 0 Å². The van der Waals surface area contributed by atoms with Crippen LogP contribution >= 0.6 is 11.3 Å². The Morgan fingerprint density at radius 2 is 1.84 bits per heavy atom. The Labute approximate surface area is 219 Å². The van der Waals surface area contributed by atoms with E-state index in [0.29, 0.717) is 17.3 Å². The number of fused-ring (bicyclic) bond motifs is 2. The average Bonchev–Trinajstić information content (AvgIpc) is 3.59. The number of carbonyl (C=O) groups excluding carboxylic acids is 1. The predicted molar refractivity (Wildman–Crippen MR) is 134 cm³/mol. The van der Waals surface area contributed by atoms with Gasteiger partial charge in [0.2, 0.25) is 10.0 Å². The number of ketones is 1. The van der Waals surface area contributed by atoms with Gasteiger partial charge in [-0.15, -0.1) is 11.3 Å². The Hall–Kier alpha value is -3.61. The molecule has 12 heteroatoms. The summed E-state index contributed by atoms with van der Waals surface area (Å²) in [6, 6.07) is 8.29. The first kappa shape index (κ1) is 24.7. The first-order valence-corrected chi connectivity index (χ1v) is 14.0. The van der Waals surface area contributed by atoms with E-state index in [9.17, 15) is 26.4 Å². The van der Waals surface area contributed by atoms with Crippen LogP contribution in [0.4, 0.5) is 13.2 Å². The smallest absolute Gasteiger partial charge is 0.243 e. The van der Waals surface area contributed by atoms with E-state index in [1.54, 1.807) is 28.4 Å². The Morgan fingerprint density at radius 1 is 1.05 bits per heavy atom. The van der Waals surface area contributed by atoms with E-state index in [1.807, 2.05) is 6.08 Å². The number of benzene rings is 2. The van der Waals surface area contributed by atoms with Gasteiger partial charge in [0, 0.05) is 18.5 Å². The van der Waals surface area contributed by atoms with Crippen molar-refractivity contribution in [2.24, 2.45) is 5.41 Å². The summed E-state index contributed by atoms with van der Waals surface area (Å²) >= 11 is 1.25. The number of rotatable bonds is 5. The number of hydrogen-bond acceptors (Lipinski definition) is 6. The molecule has 6 rings (SSSR count). The van der Waals surface area contributed by atoms with Gasteiger partial charge >= 0.3 is 0 Å². The van der Waals surface area contributed by atoms with Crippen molar-refractivity contribution >= 4 is 33.2 Å². The van der Waals surface area contributed by atoms with Crippen LogP contribution in [0.15, 0.2) is 70.0 Å². The minimum atomic E-state index is -4.24. The van der Waals surface area contributed by atoms with E-state index >= 15 is 0 Å². The number of nitrogens with zero attached hydrogens (tertiary/aromatic N) is 4. The molecule has 2 aromatic heterocycles. The molecule has 1 aliphatic heterocycles. The molecular weight excluding hydrogens is 537 g/mol. The molecule has 0 unspecified atom stereocenters. The van der Waals surface area contributed by atoms with Gasteiger partial charge in [-0.3, -0.25) is 4.79 Å². The number of halogens is 3. The maximum absolute atomic E-state index is 14.0. The molecule has 38 heavy (non-hydrogen) atoms. The fraction of sp³-hybridized carbons (Fsp3) is 0.192. The molecule has 0 N–H and O–H groups in total. The van der Waals surface area contributed by atoms with E-state index in [1.165, 1.54) is 29.0 Å². The third-order valence-electron chi connectivity index (χ3n) is 7.08. The molecule has 0 spiro atoms. The Kier molecular flexibility index (Phi) is 5.85. The van der Waals surface area contributed by atoms with Gasteiger partial charge in [-0.1, -0.05) is 5.57 Å². The molecule has 0 bridgehead atoms. The quantitative estimate of drug-likeness (QED) is 0.334. The lowest BCUT2D eigenvalue weighted by molar-refractivity contribution is 0.0771. The Bertz CT molecular complexity index is 1700. The highest BCUT2D eigenvalue weighted by Crippen LogP contribution is 2.47. The molecule has 1 fully saturated rings. The highest BCUT2D eigenvalue weighted by molar-refractivity contribution is 7.89.